The molecule has 0 aromatic heterocycles. The molecule has 0 aliphatic heterocycles. The van der Waals surface area contributed by atoms with E-state index in [1.807, 2.05) is 13.8 Å². The smallest absolute Gasteiger partial charge is 0.300 e. The summed E-state index contributed by atoms with van der Waals surface area (Å²) < 4.78 is 0. The van der Waals surface area contributed by atoms with Crippen molar-refractivity contribution in [3.05, 3.63) is 24.3 Å². The highest BCUT2D eigenvalue weighted by atomic mass is 16.4. The molecule has 0 aliphatic carbocycles. The van der Waals surface area contributed by atoms with Crippen LogP contribution in [-0.4, -0.2) is 22.3 Å². The predicted molar refractivity (Wildman–Crippen MR) is 58.2 cm³/mol. The van der Waals surface area contributed by atoms with Crippen LogP contribution in [0, 0.1) is 0 Å². The van der Waals surface area contributed by atoms with E-state index in [-0.39, 0.29) is 6.10 Å². The molecule has 0 spiro atoms. The molecule has 0 rings (SSSR count). The number of allylic oxidation sites excluding steroid dienone is 1. The zero-order valence-electron chi connectivity index (χ0n) is 9.21. The van der Waals surface area contributed by atoms with Crippen molar-refractivity contribution in [1.29, 1.82) is 0 Å². The molecular weight excluding hydrogens is 180 g/mol. The Kier molecular flexibility index (Phi) is 9.35. The molecule has 3 nitrogen and oxygen atoms in total. The first-order valence-corrected chi connectivity index (χ1v) is 4.44. The van der Waals surface area contributed by atoms with Crippen LogP contribution in [-0.2, 0) is 4.79 Å². The van der Waals surface area contributed by atoms with E-state index in [0.717, 1.165) is 30.9 Å². The van der Waals surface area contributed by atoms with Crippen LogP contribution in [0.3, 0.4) is 0 Å². The summed E-state index contributed by atoms with van der Waals surface area (Å²) >= 11 is 0. The van der Waals surface area contributed by atoms with E-state index in [9.17, 15) is 5.11 Å². The third kappa shape index (κ3) is 17.1. The highest BCUT2D eigenvalue weighted by Gasteiger charge is 2.02. The van der Waals surface area contributed by atoms with Crippen molar-refractivity contribution in [2.45, 2.75) is 39.7 Å². The molecule has 3 heteroatoms. The number of rotatable bonds is 4. The lowest BCUT2D eigenvalue weighted by Crippen LogP contribution is -2.06. The Labute approximate surface area is 85.8 Å². The molecule has 1 atom stereocenters. The molecule has 82 valence electrons. The van der Waals surface area contributed by atoms with E-state index in [0.29, 0.717) is 0 Å². The van der Waals surface area contributed by atoms with Crippen LogP contribution in [0.4, 0.5) is 0 Å². The molecule has 1 unspecified atom stereocenters. The number of hydrogen-bond acceptors (Lipinski definition) is 2. The molecule has 0 amide bonds. The predicted octanol–water partition coefficient (Wildman–Crippen LogP) is 2.37. The molecule has 0 aromatic carbocycles. The Morgan fingerprint density at radius 1 is 1.29 bits per heavy atom. The van der Waals surface area contributed by atoms with Gasteiger partial charge in [0.05, 0.1) is 6.10 Å². The molecular formula is C11H20O3. The maximum Gasteiger partial charge on any atom is 0.300 e. The first-order chi connectivity index (χ1) is 6.27. The van der Waals surface area contributed by atoms with Gasteiger partial charge in [0.2, 0.25) is 0 Å². The SMILES string of the molecule is C=C(C)CCC(O)C(=C)C.CC(=O)O. The number of carboxylic acids is 1. The lowest BCUT2D eigenvalue weighted by molar-refractivity contribution is -0.134. The Balaban J connectivity index is 0. The van der Waals surface area contributed by atoms with Gasteiger partial charge in [-0.05, 0) is 26.7 Å². The van der Waals surface area contributed by atoms with Crippen LogP contribution in [0.25, 0.3) is 0 Å². The second-order valence-electron chi connectivity index (χ2n) is 3.38. The summed E-state index contributed by atoms with van der Waals surface area (Å²) in [5.41, 5.74) is 1.95. The maximum absolute atomic E-state index is 9.23. The van der Waals surface area contributed by atoms with Gasteiger partial charge in [0.25, 0.3) is 5.97 Å². The Bertz CT molecular complexity index is 203. The van der Waals surface area contributed by atoms with E-state index in [1.54, 1.807) is 0 Å². The number of carboxylic acid groups (broad SMARTS) is 1. The number of hydrogen-bond donors (Lipinski definition) is 2. The number of aliphatic hydroxyl groups is 1. The van der Waals surface area contributed by atoms with Crippen molar-refractivity contribution in [2.24, 2.45) is 0 Å². The zero-order valence-corrected chi connectivity index (χ0v) is 9.21. The van der Waals surface area contributed by atoms with E-state index in [1.165, 1.54) is 0 Å². The van der Waals surface area contributed by atoms with E-state index >= 15 is 0 Å². The monoisotopic (exact) mass is 200 g/mol. The van der Waals surface area contributed by atoms with Gasteiger partial charge in [0.15, 0.2) is 0 Å². The molecule has 0 aliphatic rings. The molecule has 0 radical (unpaired) electrons. The highest BCUT2D eigenvalue weighted by molar-refractivity contribution is 5.62. The lowest BCUT2D eigenvalue weighted by atomic mass is 10.1. The van der Waals surface area contributed by atoms with Crippen molar-refractivity contribution in [3.8, 4) is 0 Å². The fraction of sp³-hybridized carbons (Fsp3) is 0.545. The molecule has 0 fully saturated rings. The van der Waals surface area contributed by atoms with Crippen molar-refractivity contribution < 1.29 is 15.0 Å². The second-order valence-corrected chi connectivity index (χ2v) is 3.38. The summed E-state index contributed by atoms with van der Waals surface area (Å²) in [5, 5.41) is 16.7. The van der Waals surface area contributed by atoms with Crippen LogP contribution >= 0.6 is 0 Å². The Morgan fingerprint density at radius 3 is 1.86 bits per heavy atom. The summed E-state index contributed by atoms with van der Waals surface area (Å²) in [7, 11) is 0. The van der Waals surface area contributed by atoms with E-state index in [4.69, 9.17) is 9.90 Å². The van der Waals surface area contributed by atoms with Crippen molar-refractivity contribution >= 4 is 5.97 Å². The van der Waals surface area contributed by atoms with Gasteiger partial charge in [-0.3, -0.25) is 4.79 Å². The van der Waals surface area contributed by atoms with Crippen LogP contribution in [0.5, 0.6) is 0 Å². The minimum absolute atomic E-state index is 0.350. The molecule has 0 saturated heterocycles. The summed E-state index contributed by atoms with van der Waals surface area (Å²) in [6.07, 6.45) is 1.29. The molecule has 14 heavy (non-hydrogen) atoms. The number of aliphatic carboxylic acids is 1. The van der Waals surface area contributed by atoms with E-state index in [2.05, 4.69) is 13.2 Å². The van der Waals surface area contributed by atoms with Gasteiger partial charge in [-0.1, -0.05) is 17.7 Å². The number of carbonyl (C=O) groups is 1. The van der Waals surface area contributed by atoms with Crippen molar-refractivity contribution in [2.75, 3.05) is 0 Å². The summed E-state index contributed by atoms with van der Waals surface area (Å²) in [5.74, 6) is -0.833. The average molecular weight is 200 g/mol. The van der Waals surface area contributed by atoms with Gasteiger partial charge >= 0.3 is 0 Å². The summed E-state index contributed by atoms with van der Waals surface area (Å²) in [6.45, 7) is 12.3. The normalized spacial score (nSPS) is 10.9. The van der Waals surface area contributed by atoms with Crippen molar-refractivity contribution in [1.82, 2.24) is 0 Å². The third-order valence-corrected chi connectivity index (χ3v) is 1.41. The zero-order chi connectivity index (χ0) is 11.7. The minimum atomic E-state index is -0.833. The standard InChI is InChI=1S/C9H16O.C2H4O2/c1-7(2)5-6-9(10)8(3)4;1-2(3)4/h9-10H,1,3,5-6H2,2,4H3;1H3,(H,3,4). The van der Waals surface area contributed by atoms with Crippen LogP contribution in [0.2, 0.25) is 0 Å². The number of aliphatic hydroxyl groups excluding tert-OH is 1. The third-order valence-electron chi connectivity index (χ3n) is 1.41. The topological polar surface area (TPSA) is 57.5 Å². The minimum Gasteiger partial charge on any atom is -0.481 e. The molecule has 0 aromatic rings. The van der Waals surface area contributed by atoms with Crippen LogP contribution < -0.4 is 0 Å². The Morgan fingerprint density at radius 2 is 1.64 bits per heavy atom. The molecule has 2 N–H and O–H groups in total. The first kappa shape index (κ1) is 15.4. The second kappa shape index (κ2) is 8.51. The maximum atomic E-state index is 9.23. The first-order valence-electron chi connectivity index (χ1n) is 4.44. The van der Waals surface area contributed by atoms with Crippen LogP contribution in [0.1, 0.15) is 33.6 Å². The summed E-state index contributed by atoms with van der Waals surface area (Å²) in [4.78, 5) is 9.00. The molecule has 0 saturated carbocycles. The fourth-order valence-electron chi connectivity index (χ4n) is 0.630. The fourth-order valence-corrected chi connectivity index (χ4v) is 0.630. The van der Waals surface area contributed by atoms with Gasteiger partial charge in [-0.2, -0.15) is 0 Å². The van der Waals surface area contributed by atoms with E-state index < -0.39 is 5.97 Å². The Hall–Kier alpha value is -1.09. The highest BCUT2D eigenvalue weighted by Crippen LogP contribution is 2.09. The molecule has 0 bridgehead atoms. The van der Waals surface area contributed by atoms with Crippen LogP contribution in [0.15, 0.2) is 24.3 Å². The van der Waals surface area contributed by atoms with Gasteiger partial charge in [-0.25, -0.2) is 0 Å². The van der Waals surface area contributed by atoms with Gasteiger partial charge in [0.1, 0.15) is 0 Å². The van der Waals surface area contributed by atoms with Gasteiger partial charge in [0, 0.05) is 6.92 Å². The van der Waals surface area contributed by atoms with Gasteiger partial charge in [-0.15, -0.1) is 6.58 Å². The largest absolute Gasteiger partial charge is 0.481 e. The summed E-state index contributed by atoms with van der Waals surface area (Å²) in [6, 6.07) is 0. The van der Waals surface area contributed by atoms with Crippen molar-refractivity contribution in [3.63, 3.8) is 0 Å². The lowest BCUT2D eigenvalue weighted by Gasteiger charge is -2.08. The molecule has 0 heterocycles. The average Bonchev–Trinajstić information content (AvgIpc) is 1.98. The van der Waals surface area contributed by atoms with Gasteiger partial charge < -0.3 is 10.2 Å². The quantitative estimate of drug-likeness (QED) is 0.685.